The lowest BCUT2D eigenvalue weighted by molar-refractivity contribution is 0.351. The van der Waals surface area contributed by atoms with Crippen molar-refractivity contribution in [1.82, 2.24) is 5.43 Å². The molecule has 1 aromatic heterocycles. The van der Waals surface area contributed by atoms with Gasteiger partial charge in [-0.15, -0.1) is 11.3 Å². The molecule has 106 valence electrons. The minimum absolute atomic E-state index is 0.0538. The van der Waals surface area contributed by atoms with Gasteiger partial charge in [0.05, 0.1) is 12.6 Å². The van der Waals surface area contributed by atoms with Crippen molar-refractivity contribution in [2.75, 3.05) is 6.61 Å². The SMILES string of the molecule is NNC(Cc1cc(Cl)cc2c1OCC2)c1cc(Br)cs1. The van der Waals surface area contributed by atoms with E-state index < -0.39 is 0 Å². The number of fused-ring (bicyclic) bond motifs is 1. The van der Waals surface area contributed by atoms with Gasteiger partial charge in [0.1, 0.15) is 5.75 Å². The largest absolute Gasteiger partial charge is 0.493 e. The van der Waals surface area contributed by atoms with Crippen molar-refractivity contribution >= 4 is 38.9 Å². The monoisotopic (exact) mass is 372 g/mol. The molecule has 0 saturated heterocycles. The molecule has 3 nitrogen and oxygen atoms in total. The van der Waals surface area contributed by atoms with Gasteiger partial charge in [-0.25, -0.2) is 0 Å². The van der Waals surface area contributed by atoms with Gasteiger partial charge in [-0.05, 0) is 51.7 Å². The van der Waals surface area contributed by atoms with Crippen molar-refractivity contribution in [2.24, 2.45) is 5.84 Å². The first kappa shape index (κ1) is 14.4. The summed E-state index contributed by atoms with van der Waals surface area (Å²) in [6.07, 6.45) is 1.68. The van der Waals surface area contributed by atoms with Crippen LogP contribution < -0.4 is 16.0 Å². The first-order valence-electron chi connectivity index (χ1n) is 6.31. The number of benzene rings is 1. The molecule has 0 fully saturated rings. The smallest absolute Gasteiger partial charge is 0.125 e. The molecular formula is C14H14BrClN2OS. The summed E-state index contributed by atoms with van der Waals surface area (Å²) in [5.74, 6) is 6.69. The number of halogens is 2. The van der Waals surface area contributed by atoms with Crippen LogP contribution in [0.5, 0.6) is 5.75 Å². The zero-order valence-electron chi connectivity index (χ0n) is 10.7. The molecule has 3 rings (SSSR count). The summed E-state index contributed by atoms with van der Waals surface area (Å²) in [7, 11) is 0. The molecule has 0 spiro atoms. The van der Waals surface area contributed by atoms with Crippen LogP contribution in [0.25, 0.3) is 0 Å². The summed E-state index contributed by atoms with van der Waals surface area (Å²) < 4.78 is 6.81. The fourth-order valence-electron chi connectivity index (χ4n) is 2.47. The van der Waals surface area contributed by atoms with E-state index in [1.165, 1.54) is 10.4 Å². The highest BCUT2D eigenvalue weighted by Gasteiger charge is 2.21. The van der Waals surface area contributed by atoms with Crippen LogP contribution in [0.2, 0.25) is 5.02 Å². The van der Waals surface area contributed by atoms with E-state index in [2.05, 4.69) is 32.8 Å². The summed E-state index contributed by atoms with van der Waals surface area (Å²) in [6, 6.07) is 6.09. The first-order chi connectivity index (χ1) is 9.67. The minimum Gasteiger partial charge on any atom is -0.493 e. The molecule has 0 amide bonds. The molecule has 0 aliphatic carbocycles. The van der Waals surface area contributed by atoms with Crippen molar-refractivity contribution in [3.63, 3.8) is 0 Å². The topological polar surface area (TPSA) is 47.3 Å². The molecule has 0 radical (unpaired) electrons. The average molecular weight is 374 g/mol. The maximum atomic E-state index is 6.19. The van der Waals surface area contributed by atoms with Gasteiger partial charge in [-0.1, -0.05) is 11.6 Å². The molecule has 2 heterocycles. The first-order valence-corrected chi connectivity index (χ1v) is 8.36. The van der Waals surface area contributed by atoms with Gasteiger partial charge in [0, 0.05) is 26.2 Å². The highest BCUT2D eigenvalue weighted by molar-refractivity contribution is 9.10. The predicted octanol–water partition coefficient (Wildman–Crippen LogP) is 3.85. The van der Waals surface area contributed by atoms with Gasteiger partial charge in [-0.2, -0.15) is 0 Å². The summed E-state index contributed by atoms with van der Waals surface area (Å²) in [4.78, 5) is 1.19. The molecule has 0 saturated carbocycles. The van der Waals surface area contributed by atoms with Crippen LogP contribution in [0, 0.1) is 0 Å². The number of nitrogens with one attached hydrogen (secondary N) is 1. The summed E-state index contributed by atoms with van der Waals surface area (Å²) in [5.41, 5.74) is 5.18. The van der Waals surface area contributed by atoms with Crippen LogP contribution in [0.15, 0.2) is 28.1 Å². The van der Waals surface area contributed by atoms with E-state index in [9.17, 15) is 0 Å². The van der Waals surface area contributed by atoms with Gasteiger partial charge in [-0.3, -0.25) is 11.3 Å². The van der Waals surface area contributed by atoms with E-state index >= 15 is 0 Å². The Morgan fingerprint density at radius 2 is 2.30 bits per heavy atom. The maximum absolute atomic E-state index is 6.19. The number of hydrazine groups is 1. The van der Waals surface area contributed by atoms with Crippen molar-refractivity contribution in [2.45, 2.75) is 18.9 Å². The Morgan fingerprint density at radius 3 is 3.00 bits per heavy atom. The molecule has 1 aliphatic heterocycles. The third-order valence-corrected chi connectivity index (χ3v) is 5.41. The second kappa shape index (κ2) is 6.03. The molecule has 1 unspecified atom stereocenters. The number of hydrogen-bond acceptors (Lipinski definition) is 4. The third-order valence-electron chi connectivity index (χ3n) is 3.38. The van der Waals surface area contributed by atoms with E-state index in [1.54, 1.807) is 11.3 Å². The Morgan fingerprint density at radius 1 is 1.45 bits per heavy atom. The fraction of sp³-hybridized carbons (Fsp3) is 0.286. The quantitative estimate of drug-likeness (QED) is 0.632. The van der Waals surface area contributed by atoms with E-state index in [-0.39, 0.29) is 6.04 Å². The highest BCUT2D eigenvalue weighted by atomic mass is 79.9. The minimum atomic E-state index is 0.0538. The second-order valence-corrected chi connectivity index (χ2v) is 7.04. The second-order valence-electron chi connectivity index (χ2n) is 4.74. The molecule has 6 heteroatoms. The lowest BCUT2D eigenvalue weighted by atomic mass is 10.0. The Balaban J connectivity index is 1.90. The van der Waals surface area contributed by atoms with Gasteiger partial charge in [0.15, 0.2) is 0 Å². The predicted molar refractivity (Wildman–Crippen MR) is 86.4 cm³/mol. The summed E-state index contributed by atoms with van der Waals surface area (Å²) >= 11 is 11.3. The van der Waals surface area contributed by atoms with Crippen LogP contribution in [0.3, 0.4) is 0 Å². The molecule has 1 aliphatic rings. The Kier molecular flexibility index (Phi) is 4.33. The Labute approximate surface area is 135 Å². The van der Waals surface area contributed by atoms with Gasteiger partial charge >= 0.3 is 0 Å². The van der Waals surface area contributed by atoms with Crippen molar-refractivity contribution < 1.29 is 4.74 Å². The maximum Gasteiger partial charge on any atom is 0.125 e. The normalized spacial score (nSPS) is 14.9. The number of nitrogens with two attached hydrogens (primary N) is 1. The van der Waals surface area contributed by atoms with E-state index in [0.29, 0.717) is 0 Å². The van der Waals surface area contributed by atoms with Gasteiger partial charge in [0.2, 0.25) is 0 Å². The van der Waals surface area contributed by atoms with Crippen molar-refractivity contribution in [1.29, 1.82) is 0 Å². The number of thiophene rings is 1. The van der Waals surface area contributed by atoms with Gasteiger partial charge < -0.3 is 4.74 Å². The van der Waals surface area contributed by atoms with Crippen molar-refractivity contribution in [3.05, 3.63) is 49.1 Å². The van der Waals surface area contributed by atoms with Crippen LogP contribution in [0.1, 0.15) is 22.0 Å². The van der Waals surface area contributed by atoms with Crippen LogP contribution in [-0.2, 0) is 12.8 Å². The van der Waals surface area contributed by atoms with Gasteiger partial charge in [0.25, 0.3) is 0 Å². The van der Waals surface area contributed by atoms with E-state index in [1.807, 2.05) is 12.1 Å². The molecule has 1 aromatic carbocycles. The van der Waals surface area contributed by atoms with E-state index in [0.717, 1.165) is 40.3 Å². The third kappa shape index (κ3) is 2.87. The highest BCUT2D eigenvalue weighted by Crippen LogP contribution is 2.36. The van der Waals surface area contributed by atoms with Crippen LogP contribution in [-0.4, -0.2) is 6.61 Å². The number of rotatable bonds is 4. The molecule has 1 atom stereocenters. The molecule has 0 bridgehead atoms. The van der Waals surface area contributed by atoms with E-state index in [4.69, 9.17) is 22.2 Å². The lowest BCUT2D eigenvalue weighted by Crippen LogP contribution is -2.29. The summed E-state index contributed by atoms with van der Waals surface area (Å²) in [5, 5.41) is 2.81. The molecule has 20 heavy (non-hydrogen) atoms. The van der Waals surface area contributed by atoms with Crippen LogP contribution >= 0.6 is 38.9 Å². The standard InChI is InChI=1S/C14H14BrClN2OS/c15-10-6-13(20-7-10)12(18-17)5-9-4-11(16)3-8-1-2-19-14(8)9/h3-4,6-7,12,18H,1-2,5,17H2. The average Bonchev–Trinajstić information content (AvgIpc) is 3.04. The number of hydrogen-bond donors (Lipinski definition) is 2. The number of ether oxygens (including phenoxy) is 1. The summed E-state index contributed by atoms with van der Waals surface area (Å²) in [6.45, 7) is 0.730. The lowest BCUT2D eigenvalue weighted by Gasteiger charge is -2.16. The van der Waals surface area contributed by atoms with Crippen molar-refractivity contribution in [3.8, 4) is 5.75 Å². The fourth-order valence-corrected chi connectivity index (χ4v) is 4.24. The zero-order valence-corrected chi connectivity index (χ0v) is 13.8. The Hall–Kier alpha value is -0.590. The van der Waals surface area contributed by atoms with Crippen LogP contribution in [0.4, 0.5) is 0 Å². The molecule has 2 aromatic rings. The molecule has 3 N–H and O–H groups in total. The zero-order chi connectivity index (χ0) is 14.1. The Bertz CT molecular complexity index is 632. The molecular weight excluding hydrogens is 360 g/mol.